The van der Waals surface area contributed by atoms with Crippen molar-refractivity contribution in [1.29, 1.82) is 0 Å². The fourth-order valence-corrected chi connectivity index (χ4v) is 16.2. The van der Waals surface area contributed by atoms with Crippen molar-refractivity contribution in [2.75, 3.05) is 26.4 Å². The molecule has 3 rings (SSSR count). The zero-order chi connectivity index (χ0) is 85.2. The van der Waals surface area contributed by atoms with E-state index in [0.717, 1.165) is 70.6 Å². The van der Waals surface area contributed by atoms with E-state index in [9.17, 15) is 61.0 Å². The maximum Gasteiger partial charge on any atom is 0.220 e. The van der Waals surface area contributed by atoms with E-state index in [-0.39, 0.29) is 18.9 Å². The van der Waals surface area contributed by atoms with Crippen LogP contribution in [0.1, 0.15) is 406 Å². The van der Waals surface area contributed by atoms with Crippen molar-refractivity contribution in [1.82, 2.24) is 5.32 Å². The number of hydrogen-bond donors (Lipinski definition) is 12. The highest BCUT2D eigenvalue weighted by atomic mass is 16.8. The molecule has 3 aliphatic heterocycles. The number of unbranched alkanes of at least 4 members (excludes halogenated alkanes) is 52. The number of carbonyl (C=O) groups excluding carboxylic acids is 1. The van der Waals surface area contributed by atoms with Crippen LogP contribution in [0, 0.1) is 0 Å². The van der Waals surface area contributed by atoms with Gasteiger partial charge in [-0.3, -0.25) is 4.79 Å². The van der Waals surface area contributed by atoms with Gasteiger partial charge in [-0.25, -0.2) is 0 Å². The molecular formula is C99H179NO18. The first-order valence-electron chi connectivity index (χ1n) is 48.8. The molecule has 17 unspecified atom stereocenters. The van der Waals surface area contributed by atoms with Crippen molar-refractivity contribution in [2.24, 2.45) is 0 Å². The fourth-order valence-electron chi connectivity index (χ4n) is 16.2. The molecule has 0 radical (unpaired) electrons. The minimum atomic E-state index is -1.99. The lowest BCUT2D eigenvalue weighted by Crippen LogP contribution is -2.66. The number of aliphatic hydroxyl groups is 11. The van der Waals surface area contributed by atoms with Gasteiger partial charge in [-0.05, 0) is 83.5 Å². The predicted octanol–water partition coefficient (Wildman–Crippen LogP) is 20.0. The van der Waals surface area contributed by atoms with Crippen LogP contribution in [0.3, 0.4) is 0 Å². The van der Waals surface area contributed by atoms with Crippen LogP contribution in [0.2, 0.25) is 0 Å². The molecule has 0 aromatic carbocycles. The van der Waals surface area contributed by atoms with Crippen molar-refractivity contribution >= 4 is 5.91 Å². The standard InChI is InChI=1S/C99H179NO18/c1-3-5-7-9-11-13-15-17-19-21-23-25-27-29-31-33-35-37-38-39-40-41-42-43-44-45-47-49-51-53-55-57-59-61-63-65-67-69-71-73-75-77-87(105)100-82(83(104)76-74-72-70-68-66-64-62-60-58-56-54-52-50-48-46-36-34-32-30-28-26-24-22-20-18-16-14-12-10-8-6-4-2)81-113-97-93(111)90(108)95(85(79-102)115-97)118-99-94(112)91(109)96(86(80-103)116-99)117-98-92(110)89(107)88(106)84(78-101)114-98/h5,7,11,13,17,19,23,25,58,60,66,68,74,76,82-86,88-99,101-104,106-112H,3-4,6,8-10,12,14-16,18,20-22,24,26-57,59,61-65,67,69-73,75,77-81H2,1-2H3,(H,100,105)/b7-5-,13-11-,19-17-,25-23-,60-58+,68-66+,76-74+. The summed E-state index contributed by atoms with van der Waals surface area (Å²) in [6, 6.07) is -1.00. The van der Waals surface area contributed by atoms with E-state index in [1.165, 1.54) is 302 Å². The molecule has 688 valence electrons. The third kappa shape index (κ3) is 54.7. The van der Waals surface area contributed by atoms with Gasteiger partial charge in [-0.15, -0.1) is 0 Å². The van der Waals surface area contributed by atoms with Crippen LogP contribution in [-0.4, -0.2) is 193 Å². The average Bonchev–Trinajstić information content (AvgIpc) is 0.777. The van der Waals surface area contributed by atoms with Gasteiger partial charge < -0.3 is 89.9 Å². The van der Waals surface area contributed by atoms with Gasteiger partial charge in [0.05, 0.1) is 38.6 Å². The van der Waals surface area contributed by atoms with E-state index in [4.69, 9.17) is 28.4 Å². The molecule has 3 saturated heterocycles. The van der Waals surface area contributed by atoms with Gasteiger partial charge in [-0.2, -0.15) is 0 Å². The second-order valence-corrected chi connectivity index (χ2v) is 34.5. The highest BCUT2D eigenvalue weighted by Gasteiger charge is 2.54. The summed E-state index contributed by atoms with van der Waals surface area (Å²) in [5, 5.41) is 121. The molecule has 0 aromatic heterocycles. The lowest BCUT2D eigenvalue weighted by molar-refractivity contribution is -0.379. The highest BCUT2D eigenvalue weighted by molar-refractivity contribution is 5.76. The molecule has 0 aliphatic carbocycles. The number of carbonyl (C=O) groups is 1. The van der Waals surface area contributed by atoms with Crippen molar-refractivity contribution < 1.29 is 89.4 Å². The summed E-state index contributed by atoms with van der Waals surface area (Å²) in [5.41, 5.74) is 0. The predicted molar refractivity (Wildman–Crippen MR) is 480 cm³/mol. The molecule has 3 aliphatic rings. The van der Waals surface area contributed by atoms with Crippen molar-refractivity contribution in [3.05, 3.63) is 85.1 Å². The topological polar surface area (TPSA) is 307 Å². The Morgan fingerprint density at radius 1 is 0.314 bits per heavy atom. The second-order valence-electron chi connectivity index (χ2n) is 34.5. The Bertz CT molecular complexity index is 2460. The lowest BCUT2D eigenvalue weighted by atomic mass is 9.96. The van der Waals surface area contributed by atoms with Gasteiger partial charge in [0.2, 0.25) is 5.91 Å². The van der Waals surface area contributed by atoms with Crippen LogP contribution in [0.25, 0.3) is 0 Å². The number of aliphatic hydroxyl groups excluding tert-OH is 11. The Labute approximate surface area is 718 Å². The largest absolute Gasteiger partial charge is 0.394 e. The van der Waals surface area contributed by atoms with Crippen LogP contribution in [0.15, 0.2) is 85.1 Å². The van der Waals surface area contributed by atoms with Gasteiger partial charge in [-0.1, -0.05) is 401 Å². The van der Waals surface area contributed by atoms with Gasteiger partial charge in [0.15, 0.2) is 18.9 Å². The number of hydrogen-bond acceptors (Lipinski definition) is 18. The van der Waals surface area contributed by atoms with Gasteiger partial charge in [0, 0.05) is 6.42 Å². The minimum absolute atomic E-state index is 0.234. The highest BCUT2D eigenvalue weighted by Crippen LogP contribution is 2.34. The first-order chi connectivity index (χ1) is 57.8. The summed E-state index contributed by atoms with van der Waals surface area (Å²) in [6.45, 7) is 1.66. The van der Waals surface area contributed by atoms with Crippen LogP contribution >= 0.6 is 0 Å². The quantitative estimate of drug-likeness (QED) is 0.0199. The fraction of sp³-hybridized carbons (Fsp3) is 0.848. The smallest absolute Gasteiger partial charge is 0.220 e. The van der Waals surface area contributed by atoms with Crippen molar-refractivity contribution in [3.8, 4) is 0 Å². The zero-order valence-corrected chi connectivity index (χ0v) is 74.6. The number of allylic oxidation sites excluding steroid dienone is 13. The summed E-state index contributed by atoms with van der Waals surface area (Å²) < 4.78 is 34.5. The normalized spacial score (nSPS) is 24.6. The number of ether oxygens (including phenoxy) is 6. The summed E-state index contributed by atoms with van der Waals surface area (Å²) in [7, 11) is 0. The molecule has 0 saturated carbocycles. The molecule has 3 fully saturated rings. The maximum atomic E-state index is 13.5. The van der Waals surface area contributed by atoms with Crippen LogP contribution in [0.4, 0.5) is 0 Å². The van der Waals surface area contributed by atoms with E-state index >= 15 is 0 Å². The first-order valence-corrected chi connectivity index (χ1v) is 48.8. The Balaban J connectivity index is 1.30. The molecule has 3 heterocycles. The van der Waals surface area contributed by atoms with E-state index in [2.05, 4.69) is 92.1 Å². The Hall–Kier alpha value is -3.03. The minimum Gasteiger partial charge on any atom is -0.394 e. The third-order valence-electron chi connectivity index (χ3n) is 23.9. The Morgan fingerprint density at radius 2 is 0.593 bits per heavy atom. The molecule has 0 spiro atoms. The average molecular weight is 1670 g/mol. The van der Waals surface area contributed by atoms with Crippen LogP contribution in [-0.2, 0) is 33.2 Å². The van der Waals surface area contributed by atoms with Gasteiger partial charge in [0.25, 0.3) is 0 Å². The summed E-state index contributed by atoms with van der Waals surface area (Å²) in [6.07, 6.45) is 80.6. The van der Waals surface area contributed by atoms with E-state index in [1.807, 2.05) is 6.08 Å². The van der Waals surface area contributed by atoms with E-state index < -0.39 is 124 Å². The molecule has 0 aromatic rings. The third-order valence-corrected chi connectivity index (χ3v) is 23.9. The monoisotopic (exact) mass is 1670 g/mol. The Morgan fingerprint density at radius 3 is 0.949 bits per heavy atom. The zero-order valence-electron chi connectivity index (χ0n) is 74.6. The number of amides is 1. The first kappa shape index (κ1) is 109. The number of rotatable bonds is 80. The number of nitrogens with one attached hydrogen (secondary N) is 1. The summed E-state index contributed by atoms with van der Waals surface area (Å²) in [4.78, 5) is 13.5. The van der Waals surface area contributed by atoms with Gasteiger partial charge >= 0.3 is 0 Å². The van der Waals surface area contributed by atoms with Gasteiger partial charge in [0.1, 0.15) is 73.2 Å². The molecule has 12 N–H and O–H groups in total. The SMILES string of the molecule is CC/C=C\C/C=C\C/C=C\C/C=C\CCCCCCCCCCCCCCCCCCCCCCCCCCCCCCC(=O)NC(COC1OC(CO)C(OC2OC(CO)C(OC3OC(CO)C(O)C(O)C3O)C(O)C2O)C(O)C1O)C(O)/C=C/CC/C=C/CC/C=C/CCCCCCCCCCCCCCCCCCCCCCCC. The molecule has 0 bridgehead atoms. The Kier molecular flexibility index (Phi) is 71.7. The van der Waals surface area contributed by atoms with E-state index in [1.54, 1.807) is 6.08 Å². The second kappa shape index (κ2) is 77.5. The summed E-state index contributed by atoms with van der Waals surface area (Å²) >= 11 is 0. The van der Waals surface area contributed by atoms with E-state index in [0.29, 0.717) is 12.8 Å². The maximum absolute atomic E-state index is 13.5. The molecule has 118 heavy (non-hydrogen) atoms. The molecule has 1 amide bonds. The van der Waals surface area contributed by atoms with Crippen LogP contribution in [0.5, 0.6) is 0 Å². The van der Waals surface area contributed by atoms with Crippen molar-refractivity contribution in [3.63, 3.8) is 0 Å². The van der Waals surface area contributed by atoms with Crippen molar-refractivity contribution in [2.45, 2.75) is 510 Å². The molecule has 17 atom stereocenters. The van der Waals surface area contributed by atoms with Crippen LogP contribution < -0.4 is 5.32 Å². The molecule has 19 nitrogen and oxygen atoms in total. The summed E-state index contributed by atoms with van der Waals surface area (Å²) in [5.74, 6) is -0.283. The molecular weight excluding hydrogens is 1490 g/mol. The molecule has 19 heteroatoms. The lowest BCUT2D eigenvalue weighted by Gasteiger charge is -2.48.